The van der Waals surface area contributed by atoms with E-state index in [1.807, 2.05) is 18.2 Å². The van der Waals surface area contributed by atoms with Gasteiger partial charge in [-0.15, -0.1) is 0 Å². The molecule has 0 amide bonds. The first-order valence-corrected chi connectivity index (χ1v) is 6.87. The van der Waals surface area contributed by atoms with Gasteiger partial charge in [0.15, 0.2) is 0 Å². The average molecular weight is 269 g/mol. The number of benzene rings is 1. The molecule has 100 valence electrons. The second kappa shape index (κ2) is 6.41. The van der Waals surface area contributed by atoms with Gasteiger partial charge in [0.2, 0.25) is 0 Å². The number of nitrogens with two attached hydrogens (primary N) is 1. The van der Waals surface area contributed by atoms with E-state index in [2.05, 4.69) is 11.9 Å². The molecular formula is C14H21ClN2O. The highest BCUT2D eigenvalue weighted by atomic mass is 35.5. The molecule has 0 bridgehead atoms. The summed E-state index contributed by atoms with van der Waals surface area (Å²) in [5.41, 5.74) is 7.85. The van der Waals surface area contributed by atoms with Gasteiger partial charge in [0.25, 0.3) is 0 Å². The minimum atomic E-state index is 0.372. The predicted molar refractivity (Wildman–Crippen MR) is 75.8 cm³/mol. The lowest BCUT2D eigenvalue weighted by atomic mass is 10.1. The lowest BCUT2D eigenvalue weighted by molar-refractivity contribution is -0.00256. The first-order valence-electron chi connectivity index (χ1n) is 6.49. The fraction of sp³-hybridized carbons (Fsp3) is 0.571. The molecule has 1 heterocycles. The number of nitrogens with zero attached hydrogens (tertiary/aromatic N) is 1. The van der Waals surface area contributed by atoms with Crippen molar-refractivity contribution in [3.63, 3.8) is 0 Å². The van der Waals surface area contributed by atoms with E-state index in [1.165, 1.54) is 19.3 Å². The van der Waals surface area contributed by atoms with Crippen LogP contribution in [-0.2, 0) is 11.3 Å². The van der Waals surface area contributed by atoms with Crippen LogP contribution < -0.4 is 5.73 Å². The summed E-state index contributed by atoms with van der Waals surface area (Å²) >= 11 is 5.90. The maximum absolute atomic E-state index is 5.96. The third-order valence-corrected chi connectivity index (χ3v) is 3.57. The Morgan fingerprint density at radius 1 is 1.44 bits per heavy atom. The summed E-state index contributed by atoms with van der Waals surface area (Å²) in [6, 6.07) is 5.69. The molecule has 1 aliphatic heterocycles. The molecular weight excluding hydrogens is 248 g/mol. The summed E-state index contributed by atoms with van der Waals surface area (Å²) in [6.07, 6.45) is 4.02. The lowest BCUT2D eigenvalue weighted by Gasteiger charge is -2.27. The van der Waals surface area contributed by atoms with Crippen molar-refractivity contribution < 1.29 is 4.74 Å². The number of halogens is 1. The molecule has 18 heavy (non-hydrogen) atoms. The van der Waals surface area contributed by atoms with Gasteiger partial charge in [-0.05, 0) is 44.0 Å². The fourth-order valence-electron chi connectivity index (χ4n) is 2.36. The number of ether oxygens (including phenoxy) is 1. The SMILES string of the molecule is CN(Cc1ccc(Cl)cc1N)CC1CCCCO1. The van der Waals surface area contributed by atoms with Crippen LogP contribution in [0, 0.1) is 0 Å². The van der Waals surface area contributed by atoms with Gasteiger partial charge in [-0.2, -0.15) is 0 Å². The minimum Gasteiger partial charge on any atom is -0.398 e. The third-order valence-electron chi connectivity index (χ3n) is 3.34. The number of rotatable bonds is 4. The smallest absolute Gasteiger partial charge is 0.0702 e. The Hall–Kier alpha value is -0.770. The summed E-state index contributed by atoms with van der Waals surface area (Å²) in [5, 5.41) is 0.689. The summed E-state index contributed by atoms with van der Waals surface area (Å²) in [7, 11) is 2.10. The molecule has 0 aliphatic carbocycles. The molecule has 1 fully saturated rings. The Kier molecular flexibility index (Phi) is 4.87. The van der Waals surface area contributed by atoms with Gasteiger partial charge in [0.05, 0.1) is 6.10 Å². The average Bonchev–Trinajstić information content (AvgIpc) is 2.34. The Labute approximate surface area is 114 Å². The van der Waals surface area contributed by atoms with E-state index in [0.717, 1.165) is 30.9 Å². The van der Waals surface area contributed by atoms with Crippen LogP contribution in [-0.4, -0.2) is 31.2 Å². The van der Waals surface area contributed by atoms with Crippen molar-refractivity contribution in [2.45, 2.75) is 31.9 Å². The van der Waals surface area contributed by atoms with Gasteiger partial charge >= 0.3 is 0 Å². The molecule has 1 aromatic carbocycles. The first-order chi connectivity index (χ1) is 8.65. The van der Waals surface area contributed by atoms with Crippen molar-refractivity contribution in [1.29, 1.82) is 0 Å². The van der Waals surface area contributed by atoms with Crippen LogP contribution in [0.5, 0.6) is 0 Å². The number of nitrogen functional groups attached to an aromatic ring is 1. The van der Waals surface area contributed by atoms with E-state index in [0.29, 0.717) is 11.1 Å². The van der Waals surface area contributed by atoms with Crippen molar-refractivity contribution >= 4 is 17.3 Å². The first kappa shape index (κ1) is 13.7. The lowest BCUT2D eigenvalue weighted by Crippen LogP contribution is -2.33. The molecule has 1 atom stereocenters. The number of anilines is 1. The molecule has 0 spiro atoms. The quantitative estimate of drug-likeness (QED) is 0.854. The molecule has 0 aromatic heterocycles. The van der Waals surface area contributed by atoms with Crippen molar-refractivity contribution in [2.24, 2.45) is 0 Å². The van der Waals surface area contributed by atoms with Crippen LogP contribution in [0.4, 0.5) is 5.69 Å². The summed E-state index contributed by atoms with van der Waals surface area (Å²) < 4.78 is 5.74. The van der Waals surface area contributed by atoms with Gasteiger partial charge in [-0.1, -0.05) is 17.7 Å². The molecule has 2 N–H and O–H groups in total. The van der Waals surface area contributed by atoms with Gasteiger partial charge < -0.3 is 10.5 Å². The van der Waals surface area contributed by atoms with Crippen LogP contribution in [0.25, 0.3) is 0 Å². The Balaban J connectivity index is 1.87. The van der Waals surface area contributed by atoms with E-state index in [-0.39, 0.29) is 0 Å². The molecule has 0 radical (unpaired) electrons. The highest BCUT2D eigenvalue weighted by Gasteiger charge is 2.16. The van der Waals surface area contributed by atoms with Crippen LogP contribution >= 0.6 is 11.6 Å². The van der Waals surface area contributed by atoms with Crippen LogP contribution in [0.1, 0.15) is 24.8 Å². The number of hydrogen-bond donors (Lipinski definition) is 1. The van der Waals surface area contributed by atoms with E-state index < -0.39 is 0 Å². The molecule has 1 saturated heterocycles. The largest absolute Gasteiger partial charge is 0.398 e. The fourth-order valence-corrected chi connectivity index (χ4v) is 2.54. The van der Waals surface area contributed by atoms with Crippen LogP contribution in [0.15, 0.2) is 18.2 Å². The minimum absolute atomic E-state index is 0.372. The molecule has 3 nitrogen and oxygen atoms in total. The highest BCUT2D eigenvalue weighted by Crippen LogP contribution is 2.20. The zero-order valence-corrected chi connectivity index (χ0v) is 11.6. The second-order valence-electron chi connectivity index (χ2n) is 5.03. The van der Waals surface area contributed by atoms with E-state index >= 15 is 0 Å². The monoisotopic (exact) mass is 268 g/mol. The van der Waals surface area contributed by atoms with Crippen molar-refractivity contribution in [1.82, 2.24) is 4.90 Å². The molecule has 2 rings (SSSR count). The maximum atomic E-state index is 5.96. The maximum Gasteiger partial charge on any atom is 0.0702 e. The number of likely N-dealkylation sites (N-methyl/N-ethyl adjacent to an activating group) is 1. The summed E-state index contributed by atoms with van der Waals surface area (Å²) in [6.45, 7) is 2.70. The molecule has 0 saturated carbocycles. The van der Waals surface area contributed by atoms with Gasteiger partial charge in [-0.25, -0.2) is 0 Å². The van der Waals surface area contributed by atoms with Crippen LogP contribution in [0.2, 0.25) is 5.02 Å². The standard InChI is InChI=1S/C14H21ClN2O/c1-17(10-13-4-2-3-7-18-13)9-11-5-6-12(15)8-14(11)16/h5-6,8,13H,2-4,7,9-10,16H2,1H3. The van der Waals surface area contributed by atoms with Crippen molar-refractivity contribution in [3.05, 3.63) is 28.8 Å². The van der Waals surface area contributed by atoms with Crippen molar-refractivity contribution in [3.8, 4) is 0 Å². The summed E-state index contributed by atoms with van der Waals surface area (Å²) in [5.74, 6) is 0. The van der Waals surface area contributed by atoms with Crippen LogP contribution in [0.3, 0.4) is 0 Å². The second-order valence-corrected chi connectivity index (χ2v) is 5.46. The number of hydrogen-bond acceptors (Lipinski definition) is 3. The van der Waals surface area contributed by atoms with Gasteiger partial charge in [-0.3, -0.25) is 4.90 Å². The Morgan fingerprint density at radius 3 is 2.94 bits per heavy atom. The van der Waals surface area contributed by atoms with E-state index in [9.17, 15) is 0 Å². The zero-order valence-electron chi connectivity index (χ0n) is 10.9. The topological polar surface area (TPSA) is 38.5 Å². The Bertz CT molecular complexity index is 391. The predicted octanol–water partition coefficient (Wildman–Crippen LogP) is 2.92. The van der Waals surface area contributed by atoms with E-state index in [1.54, 1.807) is 0 Å². The normalized spacial score (nSPS) is 20.3. The van der Waals surface area contributed by atoms with Gasteiger partial charge in [0.1, 0.15) is 0 Å². The van der Waals surface area contributed by atoms with E-state index in [4.69, 9.17) is 22.1 Å². The highest BCUT2D eigenvalue weighted by molar-refractivity contribution is 6.30. The third kappa shape index (κ3) is 3.87. The molecule has 1 aromatic rings. The molecule has 1 unspecified atom stereocenters. The van der Waals surface area contributed by atoms with Gasteiger partial charge in [0, 0.05) is 30.4 Å². The molecule has 4 heteroatoms. The zero-order chi connectivity index (χ0) is 13.0. The molecule has 1 aliphatic rings. The summed E-state index contributed by atoms with van der Waals surface area (Å²) in [4.78, 5) is 2.26. The van der Waals surface area contributed by atoms with Crippen molar-refractivity contribution in [2.75, 3.05) is 25.9 Å². The Morgan fingerprint density at radius 2 is 2.28 bits per heavy atom.